The van der Waals surface area contributed by atoms with Gasteiger partial charge in [-0.1, -0.05) is 6.07 Å². The number of benzene rings is 1. The third-order valence-corrected chi connectivity index (χ3v) is 5.17. The van der Waals surface area contributed by atoms with Gasteiger partial charge in [-0.05, 0) is 50.9 Å². The minimum atomic E-state index is 0.0403. The SMILES string of the molecule is COc1cccc(OC)c1C(=O)N1CCC[C@@H]2CN(C)CC[C@@H]21. The van der Waals surface area contributed by atoms with E-state index in [-0.39, 0.29) is 5.91 Å². The van der Waals surface area contributed by atoms with Gasteiger partial charge in [0.05, 0.1) is 14.2 Å². The maximum Gasteiger partial charge on any atom is 0.261 e. The number of hydrogen-bond donors (Lipinski definition) is 0. The van der Waals surface area contributed by atoms with Gasteiger partial charge < -0.3 is 19.3 Å². The Kier molecular flexibility index (Phi) is 4.76. The van der Waals surface area contributed by atoms with Crippen LogP contribution in [0.5, 0.6) is 11.5 Å². The van der Waals surface area contributed by atoms with E-state index in [9.17, 15) is 4.79 Å². The van der Waals surface area contributed by atoms with Crippen molar-refractivity contribution in [2.24, 2.45) is 5.92 Å². The highest BCUT2D eigenvalue weighted by atomic mass is 16.5. The van der Waals surface area contributed by atoms with Crippen molar-refractivity contribution in [1.82, 2.24) is 9.80 Å². The lowest BCUT2D eigenvalue weighted by Gasteiger charge is -2.46. The third kappa shape index (κ3) is 3.02. The number of amides is 1. The summed E-state index contributed by atoms with van der Waals surface area (Å²) in [6.45, 7) is 2.95. The zero-order chi connectivity index (χ0) is 16.4. The molecule has 2 saturated heterocycles. The molecule has 5 heteroatoms. The van der Waals surface area contributed by atoms with Gasteiger partial charge in [-0.3, -0.25) is 4.79 Å². The van der Waals surface area contributed by atoms with Crippen LogP contribution in [0, 0.1) is 5.92 Å². The molecule has 1 aromatic carbocycles. The van der Waals surface area contributed by atoms with Gasteiger partial charge in [0.25, 0.3) is 5.91 Å². The summed E-state index contributed by atoms with van der Waals surface area (Å²) >= 11 is 0. The van der Waals surface area contributed by atoms with Crippen LogP contribution in [-0.4, -0.2) is 62.7 Å². The fourth-order valence-electron chi connectivity index (χ4n) is 4.04. The van der Waals surface area contributed by atoms with E-state index in [1.54, 1.807) is 14.2 Å². The Labute approximate surface area is 138 Å². The zero-order valence-corrected chi connectivity index (χ0v) is 14.2. The summed E-state index contributed by atoms with van der Waals surface area (Å²) in [6, 6.07) is 5.84. The summed E-state index contributed by atoms with van der Waals surface area (Å²) in [6.07, 6.45) is 3.32. The largest absolute Gasteiger partial charge is 0.496 e. The number of ether oxygens (including phenoxy) is 2. The molecule has 0 aromatic heterocycles. The van der Waals surface area contributed by atoms with Gasteiger partial charge in [-0.2, -0.15) is 0 Å². The Morgan fingerprint density at radius 3 is 2.48 bits per heavy atom. The number of piperidine rings is 2. The van der Waals surface area contributed by atoms with Crippen LogP contribution in [0.25, 0.3) is 0 Å². The summed E-state index contributed by atoms with van der Waals surface area (Å²) in [4.78, 5) is 17.7. The van der Waals surface area contributed by atoms with Crippen molar-refractivity contribution in [2.45, 2.75) is 25.3 Å². The molecule has 3 rings (SSSR count). The van der Waals surface area contributed by atoms with Crippen molar-refractivity contribution in [3.63, 3.8) is 0 Å². The van der Waals surface area contributed by atoms with E-state index in [1.807, 2.05) is 18.2 Å². The first kappa shape index (κ1) is 16.1. The fraction of sp³-hybridized carbons (Fsp3) is 0.611. The highest BCUT2D eigenvalue weighted by Gasteiger charge is 2.38. The highest BCUT2D eigenvalue weighted by Crippen LogP contribution is 2.35. The molecule has 2 atom stereocenters. The van der Waals surface area contributed by atoms with Crippen LogP contribution in [-0.2, 0) is 0 Å². The molecule has 126 valence electrons. The molecule has 2 fully saturated rings. The molecule has 2 heterocycles. The molecule has 23 heavy (non-hydrogen) atoms. The molecule has 1 amide bonds. The fourth-order valence-corrected chi connectivity index (χ4v) is 4.04. The number of fused-ring (bicyclic) bond motifs is 1. The van der Waals surface area contributed by atoms with E-state index >= 15 is 0 Å². The van der Waals surface area contributed by atoms with Gasteiger partial charge in [0, 0.05) is 19.1 Å². The standard InChI is InChI=1S/C18H26N2O3/c1-19-11-9-14-13(12-19)6-5-10-20(14)18(21)17-15(22-2)7-4-8-16(17)23-3/h4,7-8,13-14H,5-6,9-12H2,1-3H3/t13-,14+/m1/s1. The second kappa shape index (κ2) is 6.79. The number of methoxy groups -OCH3 is 2. The quantitative estimate of drug-likeness (QED) is 0.857. The van der Waals surface area contributed by atoms with E-state index in [0.717, 1.165) is 32.5 Å². The lowest BCUT2D eigenvalue weighted by Crippen LogP contribution is -2.55. The number of carbonyl (C=O) groups is 1. The number of carbonyl (C=O) groups excluding carboxylic acids is 1. The Morgan fingerprint density at radius 2 is 1.83 bits per heavy atom. The number of rotatable bonds is 3. The van der Waals surface area contributed by atoms with Crippen molar-refractivity contribution >= 4 is 5.91 Å². The Morgan fingerprint density at radius 1 is 1.13 bits per heavy atom. The van der Waals surface area contributed by atoms with E-state index in [0.29, 0.717) is 29.0 Å². The number of hydrogen-bond acceptors (Lipinski definition) is 4. The summed E-state index contributed by atoms with van der Waals surface area (Å²) in [5.41, 5.74) is 0.553. The summed E-state index contributed by atoms with van der Waals surface area (Å²) in [5, 5.41) is 0. The predicted octanol–water partition coefficient (Wildman–Crippen LogP) is 2.26. The van der Waals surface area contributed by atoms with Crippen molar-refractivity contribution in [2.75, 3.05) is 40.9 Å². The number of nitrogens with zero attached hydrogens (tertiary/aromatic N) is 2. The molecule has 0 saturated carbocycles. The average molecular weight is 318 g/mol. The first-order valence-corrected chi connectivity index (χ1v) is 8.36. The second-order valence-electron chi connectivity index (χ2n) is 6.56. The van der Waals surface area contributed by atoms with Gasteiger partial charge in [0.1, 0.15) is 17.1 Å². The van der Waals surface area contributed by atoms with Crippen LogP contribution in [0.3, 0.4) is 0 Å². The van der Waals surface area contributed by atoms with Crippen molar-refractivity contribution < 1.29 is 14.3 Å². The lowest BCUT2D eigenvalue weighted by atomic mass is 9.83. The van der Waals surface area contributed by atoms with Crippen LogP contribution in [0.15, 0.2) is 18.2 Å². The van der Waals surface area contributed by atoms with Crippen LogP contribution < -0.4 is 9.47 Å². The molecular formula is C18H26N2O3. The third-order valence-electron chi connectivity index (χ3n) is 5.17. The molecular weight excluding hydrogens is 292 g/mol. The zero-order valence-electron chi connectivity index (χ0n) is 14.2. The van der Waals surface area contributed by atoms with E-state index < -0.39 is 0 Å². The number of likely N-dealkylation sites (tertiary alicyclic amines) is 2. The van der Waals surface area contributed by atoms with Crippen LogP contribution in [0.4, 0.5) is 0 Å². The minimum absolute atomic E-state index is 0.0403. The molecule has 0 unspecified atom stereocenters. The van der Waals surface area contributed by atoms with Crippen LogP contribution in [0.1, 0.15) is 29.6 Å². The van der Waals surface area contributed by atoms with Gasteiger partial charge in [0.15, 0.2) is 0 Å². The van der Waals surface area contributed by atoms with Crippen LogP contribution >= 0.6 is 0 Å². The summed E-state index contributed by atoms with van der Waals surface area (Å²) in [5.74, 6) is 1.79. The molecule has 0 radical (unpaired) electrons. The predicted molar refractivity (Wildman–Crippen MR) is 89.2 cm³/mol. The maximum absolute atomic E-state index is 13.2. The van der Waals surface area contributed by atoms with E-state index in [4.69, 9.17) is 9.47 Å². The van der Waals surface area contributed by atoms with Gasteiger partial charge in [-0.25, -0.2) is 0 Å². The first-order valence-electron chi connectivity index (χ1n) is 8.36. The first-order chi connectivity index (χ1) is 11.2. The minimum Gasteiger partial charge on any atom is -0.496 e. The topological polar surface area (TPSA) is 42.0 Å². The Hall–Kier alpha value is -1.75. The van der Waals surface area contributed by atoms with Crippen molar-refractivity contribution in [3.05, 3.63) is 23.8 Å². The smallest absolute Gasteiger partial charge is 0.261 e. The van der Waals surface area contributed by atoms with Crippen molar-refractivity contribution in [3.8, 4) is 11.5 Å². The monoisotopic (exact) mass is 318 g/mol. The van der Waals surface area contributed by atoms with Gasteiger partial charge in [-0.15, -0.1) is 0 Å². The molecule has 0 bridgehead atoms. The maximum atomic E-state index is 13.2. The van der Waals surface area contributed by atoms with E-state index in [1.165, 1.54) is 6.42 Å². The molecule has 0 N–H and O–H groups in total. The molecule has 2 aliphatic heterocycles. The van der Waals surface area contributed by atoms with E-state index in [2.05, 4.69) is 16.8 Å². The van der Waals surface area contributed by atoms with Gasteiger partial charge >= 0.3 is 0 Å². The molecule has 2 aliphatic rings. The van der Waals surface area contributed by atoms with Gasteiger partial charge in [0.2, 0.25) is 0 Å². The molecule has 5 nitrogen and oxygen atoms in total. The molecule has 1 aromatic rings. The summed E-state index contributed by atoms with van der Waals surface area (Å²) < 4.78 is 10.8. The molecule has 0 spiro atoms. The normalized spacial score (nSPS) is 24.9. The Balaban J connectivity index is 1.91. The molecule has 0 aliphatic carbocycles. The van der Waals surface area contributed by atoms with Crippen LogP contribution in [0.2, 0.25) is 0 Å². The highest BCUT2D eigenvalue weighted by molar-refractivity contribution is 6.00. The second-order valence-corrected chi connectivity index (χ2v) is 6.56. The average Bonchev–Trinajstić information content (AvgIpc) is 2.59. The summed E-state index contributed by atoms with van der Waals surface area (Å²) in [7, 11) is 5.36. The van der Waals surface area contributed by atoms with Crippen molar-refractivity contribution in [1.29, 1.82) is 0 Å². The Bertz CT molecular complexity index is 553. The lowest BCUT2D eigenvalue weighted by molar-refractivity contribution is 0.0249.